The summed E-state index contributed by atoms with van der Waals surface area (Å²) >= 11 is 0. The molecule has 1 unspecified atom stereocenters. The van der Waals surface area contributed by atoms with Crippen molar-refractivity contribution in [3.05, 3.63) is 54.0 Å². The van der Waals surface area contributed by atoms with E-state index < -0.39 is 0 Å². The van der Waals surface area contributed by atoms with Crippen LogP contribution in [0.15, 0.2) is 47.1 Å². The summed E-state index contributed by atoms with van der Waals surface area (Å²) in [5.41, 5.74) is 2.51. The normalized spacial score (nSPS) is 16.9. The van der Waals surface area contributed by atoms with Gasteiger partial charge in [0.25, 0.3) is 0 Å². The number of aromatic nitrogens is 3. The van der Waals surface area contributed by atoms with Crippen molar-refractivity contribution < 1.29 is 14.1 Å². The van der Waals surface area contributed by atoms with Crippen molar-refractivity contribution in [2.75, 3.05) is 18.6 Å². The molecule has 1 aliphatic rings. The summed E-state index contributed by atoms with van der Waals surface area (Å²) in [4.78, 5) is 23.0. The smallest absolute Gasteiger partial charge is 0.232 e. The zero-order valence-electron chi connectivity index (χ0n) is 14.5. The molecule has 3 aromatic rings. The molecule has 1 aromatic carbocycles. The Labute approximate surface area is 150 Å². The first kappa shape index (κ1) is 16.3. The van der Waals surface area contributed by atoms with Crippen LogP contribution in [0.25, 0.3) is 11.5 Å². The number of carbonyl (C=O) groups is 1. The molecule has 1 fully saturated rings. The molecule has 0 radical (unpaired) electrons. The Balaban J connectivity index is 1.58. The third-order valence-corrected chi connectivity index (χ3v) is 4.52. The second-order valence-corrected chi connectivity index (χ2v) is 6.23. The van der Waals surface area contributed by atoms with Crippen molar-refractivity contribution in [2.24, 2.45) is 0 Å². The fourth-order valence-electron chi connectivity index (χ4n) is 3.11. The SMILES string of the molecule is COc1ccc(C)c(N2CC(c3nc(-c4ccccn4)no3)CC2=O)c1. The standard InChI is InChI=1S/C19H18N4O3/c1-12-6-7-14(25-2)10-16(12)23-11-13(9-17(23)24)19-21-18(22-26-19)15-5-3-4-8-20-15/h3-8,10,13H,9,11H2,1-2H3. The van der Waals surface area contributed by atoms with Crippen molar-refractivity contribution in [2.45, 2.75) is 19.3 Å². The monoisotopic (exact) mass is 350 g/mol. The molecule has 0 saturated carbocycles. The van der Waals surface area contributed by atoms with Crippen LogP contribution in [0.2, 0.25) is 0 Å². The average molecular weight is 350 g/mol. The molecule has 0 spiro atoms. The summed E-state index contributed by atoms with van der Waals surface area (Å²) in [6, 6.07) is 11.2. The largest absolute Gasteiger partial charge is 0.497 e. The lowest BCUT2D eigenvalue weighted by atomic mass is 10.1. The summed E-state index contributed by atoms with van der Waals surface area (Å²) < 4.78 is 10.7. The first-order valence-corrected chi connectivity index (χ1v) is 8.35. The molecule has 7 nitrogen and oxygen atoms in total. The van der Waals surface area contributed by atoms with Crippen LogP contribution in [0.1, 0.15) is 23.8 Å². The van der Waals surface area contributed by atoms with Gasteiger partial charge in [-0.15, -0.1) is 0 Å². The minimum atomic E-state index is -0.141. The van der Waals surface area contributed by atoms with E-state index in [-0.39, 0.29) is 11.8 Å². The Morgan fingerprint density at radius 3 is 2.92 bits per heavy atom. The lowest BCUT2D eigenvalue weighted by Crippen LogP contribution is -2.25. The van der Waals surface area contributed by atoms with Gasteiger partial charge in [0, 0.05) is 25.2 Å². The van der Waals surface area contributed by atoms with Gasteiger partial charge in [-0.3, -0.25) is 9.78 Å². The predicted octanol–water partition coefficient (Wildman–Crippen LogP) is 2.97. The second kappa shape index (κ2) is 6.59. The van der Waals surface area contributed by atoms with E-state index in [1.54, 1.807) is 18.2 Å². The van der Waals surface area contributed by atoms with Gasteiger partial charge in [0.15, 0.2) is 0 Å². The van der Waals surface area contributed by atoms with Gasteiger partial charge in [-0.05, 0) is 30.7 Å². The Kier molecular flexibility index (Phi) is 4.12. The number of amides is 1. The third kappa shape index (κ3) is 2.92. The first-order valence-electron chi connectivity index (χ1n) is 8.35. The number of benzene rings is 1. The number of hydrogen-bond donors (Lipinski definition) is 0. The molecule has 7 heteroatoms. The molecule has 2 aromatic heterocycles. The van der Waals surface area contributed by atoms with Gasteiger partial charge >= 0.3 is 0 Å². The van der Waals surface area contributed by atoms with E-state index in [1.165, 1.54) is 0 Å². The number of pyridine rings is 1. The van der Waals surface area contributed by atoms with Crippen LogP contribution in [0.5, 0.6) is 5.75 Å². The highest BCUT2D eigenvalue weighted by molar-refractivity contribution is 5.97. The molecule has 0 bridgehead atoms. The van der Waals surface area contributed by atoms with Crippen LogP contribution in [-0.4, -0.2) is 34.7 Å². The molecule has 3 heterocycles. The van der Waals surface area contributed by atoms with Gasteiger partial charge in [-0.2, -0.15) is 4.98 Å². The highest BCUT2D eigenvalue weighted by atomic mass is 16.5. The molecule has 0 N–H and O–H groups in total. The summed E-state index contributed by atoms with van der Waals surface area (Å²) in [5, 5.41) is 4.00. The lowest BCUT2D eigenvalue weighted by Gasteiger charge is -2.19. The maximum Gasteiger partial charge on any atom is 0.232 e. The zero-order chi connectivity index (χ0) is 18.1. The van der Waals surface area contributed by atoms with Crippen molar-refractivity contribution in [3.8, 4) is 17.3 Å². The maximum atomic E-state index is 12.6. The van der Waals surface area contributed by atoms with E-state index in [0.717, 1.165) is 17.0 Å². The Bertz CT molecular complexity index is 939. The first-order chi connectivity index (χ1) is 12.7. The van der Waals surface area contributed by atoms with Gasteiger partial charge in [-0.1, -0.05) is 17.3 Å². The fraction of sp³-hybridized carbons (Fsp3) is 0.263. The van der Waals surface area contributed by atoms with E-state index in [4.69, 9.17) is 9.26 Å². The van der Waals surface area contributed by atoms with Crippen LogP contribution in [-0.2, 0) is 4.79 Å². The quantitative estimate of drug-likeness (QED) is 0.719. The molecular weight excluding hydrogens is 332 g/mol. The molecule has 1 saturated heterocycles. The molecule has 1 aliphatic heterocycles. The Morgan fingerprint density at radius 1 is 1.27 bits per heavy atom. The number of rotatable bonds is 4. The molecule has 26 heavy (non-hydrogen) atoms. The molecular formula is C19H18N4O3. The maximum absolute atomic E-state index is 12.6. The number of carbonyl (C=O) groups excluding carboxylic acids is 1. The van der Waals surface area contributed by atoms with E-state index >= 15 is 0 Å². The molecule has 1 amide bonds. The average Bonchev–Trinajstić information content (AvgIpc) is 3.30. The van der Waals surface area contributed by atoms with Crippen LogP contribution in [0.3, 0.4) is 0 Å². The Morgan fingerprint density at radius 2 is 2.15 bits per heavy atom. The van der Waals surface area contributed by atoms with E-state index in [1.807, 2.05) is 43.3 Å². The van der Waals surface area contributed by atoms with Crippen molar-refractivity contribution >= 4 is 11.6 Å². The number of ether oxygens (including phenoxy) is 1. The van der Waals surface area contributed by atoms with E-state index in [9.17, 15) is 4.79 Å². The molecule has 4 rings (SSSR count). The predicted molar refractivity (Wildman–Crippen MR) is 95.0 cm³/mol. The molecule has 132 valence electrons. The van der Waals surface area contributed by atoms with E-state index in [0.29, 0.717) is 30.4 Å². The molecule has 1 atom stereocenters. The van der Waals surface area contributed by atoms with Gasteiger partial charge < -0.3 is 14.2 Å². The third-order valence-electron chi connectivity index (χ3n) is 4.52. The zero-order valence-corrected chi connectivity index (χ0v) is 14.5. The van der Waals surface area contributed by atoms with Crippen molar-refractivity contribution in [3.63, 3.8) is 0 Å². The van der Waals surface area contributed by atoms with Crippen molar-refractivity contribution in [1.29, 1.82) is 0 Å². The van der Waals surface area contributed by atoms with Crippen molar-refractivity contribution in [1.82, 2.24) is 15.1 Å². The molecule has 0 aliphatic carbocycles. The second-order valence-electron chi connectivity index (χ2n) is 6.23. The summed E-state index contributed by atoms with van der Waals surface area (Å²) in [5.74, 6) is 1.50. The van der Waals surface area contributed by atoms with Gasteiger partial charge in [0.05, 0.1) is 18.7 Å². The van der Waals surface area contributed by atoms with Gasteiger partial charge in [0.2, 0.25) is 17.6 Å². The number of hydrogen-bond acceptors (Lipinski definition) is 6. The lowest BCUT2D eigenvalue weighted by molar-refractivity contribution is -0.117. The Hall–Kier alpha value is -3.22. The number of aryl methyl sites for hydroxylation is 1. The highest BCUT2D eigenvalue weighted by Gasteiger charge is 2.36. The van der Waals surface area contributed by atoms with Crippen LogP contribution in [0, 0.1) is 6.92 Å². The topological polar surface area (TPSA) is 81.3 Å². The van der Waals surface area contributed by atoms with Crippen LogP contribution >= 0.6 is 0 Å². The van der Waals surface area contributed by atoms with Crippen LogP contribution < -0.4 is 9.64 Å². The van der Waals surface area contributed by atoms with E-state index in [2.05, 4.69) is 15.1 Å². The number of nitrogens with zero attached hydrogens (tertiary/aromatic N) is 4. The number of anilines is 1. The minimum Gasteiger partial charge on any atom is -0.497 e. The van der Waals surface area contributed by atoms with Gasteiger partial charge in [-0.25, -0.2) is 0 Å². The minimum absolute atomic E-state index is 0.0314. The summed E-state index contributed by atoms with van der Waals surface area (Å²) in [6.45, 7) is 2.47. The summed E-state index contributed by atoms with van der Waals surface area (Å²) in [7, 11) is 1.61. The van der Waals surface area contributed by atoms with Crippen LogP contribution in [0.4, 0.5) is 5.69 Å². The highest BCUT2D eigenvalue weighted by Crippen LogP contribution is 2.34. The van der Waals surface area contributed by atoms with Gasteiger partial charge in [0.1, 0.15) is 11.4 Å². The fourth-order valence-corrected chi connectivity index (χ4v) is 3.11. The number of methoxy groups -OCH3 is 1. The summed E-state index contributed by atoms with van der Waals surface area (Å²) in [6.07, 6.45) is 2.01.